The molecule has 0 saturated carbocycles. The minimum absolute atomic E-state index is 0. The molecule has 0 aromatic carbocycles. The van der Waals surface area contributed by atoms with Crippen molar-refractivity contribution in [3.63, 3.8) is 0 Å². The van der Waals surface area contributed by atoms with Crippen molar-refractivity contribution >= 4 is 31.1 Å². The fourth-order valence-electron chi connectivity index (χ4n) is 0.396. The Labute approximate surface area is 199 Å². The van der Waals surface area contributed by atoms with Gasteiger partial charge in [0.25, 0.3) is 15.6 Å². The van der Waals surface area contributed by atoms with E-state index in [1.807, 2.05) is 0 Å². The van der Waals surface area contributed by atoms with Crippen LogP contribution in [0.3, 0.4) is 0 Å². The summed E-state index contributed by atoms with van der Waals surface area (Å²) in [6.07, 6.45) is -0.272. The zero-order valence-corrected chi connectivity index (χ0v) is 20.7. The van der Waals surface area contributed by atoms with E-state index in [4.69, 9.17) is 43.4 Å². The summed E-state index contributed by atoms with van der Waals surface area (Å²) in [5.74, 6) is 0. The Morgan fingerprint density at radius 3 is 1.23 bits per heavy atom. The number of phosphoric acid groups is 3. The van der Waals surface area contributed by atoms with Gasteiger partial charge in [-0.3, -0.25) is 13.7 Å². The first-order valence-electron chi connectivity index (χ1n) is 4.86. The molecule has 0 fully saturated rings. The second kappa shape index (κ2) is 20.8. The fraction of sp³-hybridized carbons (Fsp3) is 1.00. The van der Waals surface area contributed by atoms with Gasteiger partial charge in [-0.25, -0.2) is 8.88 Å². The molecule has 6 N–H and O–H groups in total. The molecule has 0 aromatic heterocycles. The van der Waals surface area contributed by atoms with Crippen molar-refractivity contribution < 1.29 is 128 Å². The first-order valence-corrected chi connectivity index (χ1v) is 11.2. The minimum atomic E-state index is -4.89. The van der Waals surface area contributed by atoms with Crippen LogP contribution < -0.4 is 68.9 Å². The molecule has 0 aliphatic heterocycles. The average molecular weight is 492 g/mol. The first kappa shape index (κ1) is 46.6. The van der Waals surface area contributed by atoms with Crippen LogP contribution in [0.1, 0.15) is 31.6 Å². The van der Waals surface area contributed by atoms with E-state index < -0.39 is 31.1 Å². The Morgan fingerprint density at radius 1 is 0.846 bits per heavy atom. The third kappa shape index (κ3) is 71.7. The van der Waals surface area contributed by atoms with Gasteiger partial charge in [0.05, 0.1) is 6.61 Å². The Morgan fingerprint density at radius 2 is 1.08 bits per heavy atom. The van der Waals surface area contributed by atoms with Crippen LogP contribution in [0.25, 0.3) is 0 Å². The van der Waals surface area contributed by atoms with Crippen molar-refractivity contribution in [2.75, 3.05) is 12.8 Å². The van der Waals surface area contributed by atoms with Gasteiger partial charge in [0, 0.05) is 6.16 Å². The molecule has 14 nitrogen and oxygen atoms in total. The number of hydrogen-bond acceptors (Lipinski definition) is 8. The van der Waals surface area contributed by atoms with Gasteiger partial charge in [-0.15, -0.1) is 0 Å². The molecule has 0 spiro atoms. The molecule has 0 heterocycles. The first-order chi connectivity index (χ1) is 9.33. The predicted octanol–water partition coefficient (Wildman–Crippen LogP) is -6.27. The maximum atomic E-state index is 10.8. The molecule has 0 saturated heterocycles. The van der Waals surface area contributed by atoms with Crippen LogP contribution in [-0.4, -0.2) is 42.1 Å². The number of hydrogen-bond donors (Lipinski definition) is 6. The summed E-state index contributed by atoms with van der Waals surface area (Å²) < 4.78 is 47.1. The molecule has 0 aliphatic rings. The van der Waals surface area contributed by atoms with Crippen molar-refractivity contribution in [1.29, 1.82) is 0 Å². The van der Waals surface area contributed by atoms with Gasteiger partial charge in [-0.05, 0) is 6.92 Å². The molecule has 0 rings (SSSR count). The van der Waals surface area contributed by atoms with E-state index in [9.17, 15) is 14.0 Å². The zero-order valence-electron chi connectivity index (χ0n) is 15.2. The predicted molar refractivity (Wildman–Crippen MR) is 82.7 cm³/mol. The second-order valence-electron chi connectivity index (χ2n) is 2.90. The smallest absolute Gasteiger partial charge is 1.00 e. The van der Waals surface area contributed by atoms with Crippen LogP contribution in [0.15, 0.2) is 0 Å². The monoisotopic (exact) mass is 492 g/mol. The Hall–Kier alpha value is 2.52. The van der Waals surface area contributed by atoms with Crippen LogP contribution in [0, 0.1) is 0 Å². The van der Waals surface area contributed by atoms with Crippen LogP contribution in [0.4, 0.5) is 0 Å². The molecule has 2 atom stereocenters. The number of rotatable bonds is 5. The van der Waals surface area contributed by atoms with E-state index in [0.29, 0.717) is 0 Å². The van der Waals surface area contributed by atoms with Crippen LogP contribution in [0.2, 0.25) is 0 Å². The van der Waals surface area contributed by atoms with Crippen molar-refractivity contribution in [3.8, 4) is 0 Å². The SMILES string of the molecule is C.C.CCOP(=O)([O-])OP(=O)(O)CC.O=P(O)(O)O.O=P([O-])(O)O.[H-].[H-].[Na+].[Na+]. The van der Waals surface area contributed by atoms with Gasteiger partial charge in [0.15, 0.2) is 0 Å². The van der Waals surface area contributed by atoms with E-state index in [0.717, 1.165) is 0 Å². The summed E-state index contributed by atoms with van der Waals surface area (Å²) in [4.78, 5) is 63.9. The van der Waals surface area contributed by atoms with Gasteiger partial charge in [0.1, 0.15) is 0 Å². The molecule has 0 amide bonds. The molecule has 0 radical (unpaired) electrons. The largest absolute Gasteiger partial charge is 1.00 e. The summed E-state index contributed by atoms with van der Waals surface area (Å²) in [5, 5.41) is 0. The summed E-state index contributed by atoms with van der Waals surface area (Å²) in [5.41, 5.74) is 0. The van der Waals surface area contributed by atoms with Gasteiger partial charge in [0.2, 0.25) is 0 Å². The summed E-state index contributed by atoms with van der Waals surface area (Å²) in [6, 6.07) is 0. The average Bonchev–Trinajstić information content (AvgIpc) is 2.09. The molecule has 20 heteroatoms. The molecule has 0 aromatic rings. The number of phosphoric ester groups is 1. The standard InChI is InChI=1S/C4H12O6P2.2CH4.2Na.2H3O4P.2H/c1-3-9-12(7,8)10-11(5,6)4-2;;;;;2*1-5(2,3)4;;/h3-4H2,1-2H3,(H,5,6)(H,7,8);2*1H4;;;2*(H3,1,2,3,4);;/q;;;2*+1;;;2*-1/p-2. The summed E-state index contributed by atoms with van der Waals surface area (Å²) in [7, 11) is -18.1. The van der Waals surface area contributed by atoms with E-state index in [2.05, 4.69) is 8.83 Å². The maximum Gasteiger partial charge on any atom is 1.00 e. The van der Waals surface area contributed by atoms with Crippen molar-refractivity contribution in [2.24, 2.45) is 0 Å². The third-order valence-electron chi connectivity index (χ3n) is 0.914. The van der Waals surface area contributed by atoms with Crippen molar-refractivity contribution in [3.05, 3.63) is 0 Å². The van der Waals surface area contributed by atoms with E-state index in [1.54, 1.807) is 0 Å². The van der Waals surface area contributed by atoms with Gasteiger partial charge >= 0.3 is 74.5 Å². The fourth-order valence-corrected chi connectivity index (χ4v) is 2.61. The van der Waals surface area contributed by atoms with Crippen molar-refractivity contribution in [1.82, 2.24) is 0 Å². The maximum absolute atomic E-state index is 10.8. The van der Waals surface area contributed by atoms with E-state index >= 15 is 0 Å². The Bertz CT molecular complexity index is 462. The molecule has 158 valence electrons. The van der Waals surface area contributed by atoms with Gasteiger partial charge < -0.3 is 46.5 Å². The normalized spacial score (nSPS) is 14.4. The molecular formula is C6H26Na2O14P4-2. The quantitative estimate of drug-likeness (QED) is 0.154. The molecule has 0 aliphatic carbocycles. The van der Waals surface area contributed by atoms with E-state index in [1.165, 1.54) is 13.8 Å². The molecular weight excluding hydrogens is 466 g/mol. The summed E-state index contributed by atoms with van der Waals surface area (Å²) >= 11 is 0. The third-order valence-corrected chi connectivity index (χ3v) is 4.11. The van der Waals surface area contributed by atoms with Crippen LogP contribution in [0.5, 0.6) is 0 Å². The Kier molecular flexibility index (Phi) is 37.3. The summed E-state index contributed by atoms with van der Waals surface area (Å²) in [6.45, 7) is 2.65. The van der Waals surface area contributed by atoms with E-state index in [-0.39, 0.29) is 89.6 Å². The van der Waals surface area contributed by atoms with Gasteiger partial charge in [-0.1, -0.05) is 21.8 Å². The molecule has 0 bridgehead atoms. The minimum Gasteiger partial charge on any atom is -1.00 e. The van der Waals surface area contributed by atoms with Crippen molar-refractivity contribution in [2.45, 2.75) is 28.7 Å². The Balaban J connectivity index is -0.0000000281. The second-order valence-corrected chi connectivity index (χ2v) is 8.63. The van der Waals surface area contributed by atoms with Crippen LogP contribution >= 0.6 is 31.1 Å². The van der Waals surface area contributed by atoms with Gasteiger partial charge in [-0.2, -0.15) is 0 Å². The molecule has 2 unspecified atom stereocenters. The molecule has 26 heavy (non-hydrogen) atoms. The topological polar surface area (TPSA) is 254 Å². The van der Waals surface area contributed by atoms with Crippen LogP contribution in [-0.2, 0) is 27.1 Å². The zero-order chi connectivity index (χ0) is 18.8.